The number of hydrogen-bond acceptors (Lipinski definition) is 2. The van der Waals surface area contributed by atoms with Gasteiger partial charge in [-0.1, -0.05) is 29.8 Å². The van der Waals surface area contributed by atoms with Crippen LogP contribution < -0.4 is 10.1 Å². The Balaban J connectivity index is 2.04. The molecule has 18 heavy (non-hydrogen) atoms. The van der Waals surface area contributed by atoms with Crippen molar-refractivity contribution in [3.8, 4) is 5.75 Å². The van der Waals surface area contributed by atoms with Crippen LogP contribution >= 0.6 is 15.9 Å². The molecule has 0 amide bonds. The Kier molecular flexibility index (Phi) is 4.26. The molecule has 1 N–H and O–H groups in total. The first-order valence-corrected chi connectivity index (χ1v) is 6.61. The number of halogens is 1. The normalized spacial score (nSPS) is 10.2. The lowest BCUT2D eigenvalue weighted by molar-refractivity contribution is 0.412. The summed E-state index contributed by atoms with van der Waals surface area (Å²) < 4.78 is 6.16. The lowest BCUT2D eigenvalue weighted by Gasteiger charge is -2.09. The van der Waals surface area contributed by atoms with E-state index in [1.807, 2.05) is 18.2 Å². The van der Waals surface area contributed by atoms with Crippen molar-refractivity contribution in [3.63, 3.8) is 0 Å². The molecule has 0 saturated carbocycles. The average Bonchev–Trinajstić information content (AvgIpc) is 2.37. The van der Waals surface area contributed by atoms with Gasteiger partial charge in [0.1, 0.15) is 5.75 Å². The molecule has 0 spiro atoms. The van der Waals surface area contributed by atoms with Crippen molar-refractivity contribution in [2.45, 2.75) is 13.5 Å². The van der Waals surface area contributed by atoms with E-state index in [9.17, 15) is 0 Å². The largest absolute Gasteiger partial charge is 0.496 e. The van der Waals surface area contributed by atoms with Gasteiger partial charge in [-0.15, -0.1) is 0 Å². The van der Waals surface area contributed by atoms with Crippen LogP contribution in [0, 0.1) is 6.92 Å². The molecule has 2 rings (SSSR count). The summed E-state index contributed by atoms with van der Waals surface area (Å²) in [6.45, 7) is 2.92. The Hall–Kier alpha value is -1.48. The summed E-state index contributed by atoms with van der Waals surface area (Å²) in [6.07, 6.45) is 0. The monoisotopic (exact) mass is 305 g/mol. The topological polar surface area (TPSA) is 21.3 Å². The quantitative estimate of drug-likeness (QED) is 0.905. The van der Waals surface area contributed by atoms with Gasteiger partial charge in [0.25, 0.3) is 0 Å². The van der Waals surface area contributed by atoms with Crippen molar-refractivity contribution in [1.82, 2.24) is 0 Å². The molecular weight excluding hydrogens is 290 g/mol. The standard InChI is InChI=1S/C15H16BrNO/c1-11-4-3-5-12(8-11)10-17-13-6-7-15(18-2)14(16)9-13/h3-9,17H,10H2,1-2H3. The zero-order chi connectivity index (χ0) is 13.0. The van der Waals surface area contributed by atoms with E-state index in [0.717, 1.165) is 22.5 Å². The van der Waals surface area contributed by atoms with Crippen LogP contribution in [0.1, 0.15) is 11.1 Å². The average molecular weight is 306 g/mol. The molecule has 2 aromatic rings. The van der Waals surface area contributed by atoms with Crippen molar-refractivity contribution in [1.29, 1.82) is 0 Å². The van der Waals surface area contributed by atoms with Gasteiger partial charge in [-0.05, 0) is 46.6 Å². The van der Waals surface area contributed by atoms with Crippen LogP contribution in [0.25, 0.3) is 0 Å². The molecule has 0 aliphatic carbocycles. The van der Waals surface area contributed by atoms with E-state index in [4.69, 9.17) is 4.74 Å². The Morgan fingerprint density at radius 1 is 1.17 bits per heavy atom. The number of benzene rings is 2. The minimum absolute atomic E-state index is 0.820. The molecule has 2 aromatic carbocycles. The second-order valence-corrected chi connectivity index (χ2v) is 5.05. The van der Waals surface area contributed by atoms with Crippen molar-refractivity contribution in [2.75, 3.05) is 12.4 Å². The molecule has 0 fully saturated rings. The molecule has 0 unspecified atom stereocenters. The number of rotatable bonds is 4. The highest BCUT2D eigenvalue weighted by molar-refractivity contribution is 9.10. The molecular formula is C15H16BrNO. The third kappa shape index (κ3) is 3.26. The Morgan fingerprint density at radius 2 is 2.00 bits per heavy atom. The minimum Gasteiger partial charge on any atom is -0.496 e. The Morgan fingerprint density at radius 3 is 2.67 bits per heavy atom. The molecule has 0 atom stereocenters. The van der Waals surface area contributed by atoms with E-state index >= 15 is 0 Å². The van der Waals surface area contributed by atoms with Crippen molar-refractivity contribution < 1.29 is 4.74 Å². The molecule has 0 saturated heterocycles. The lowest BCUT2D eigenvalue weighted by atomic mass is 10.1. The maximum Gasteiger partial charge on any atom is 0.133 e. The second-order valence-electron chi connectivity index (χ2n) is 4.19. The number of methoxy groups -OCH3 is 1. The van der Waals surface area contributed by atoms with Crippen LogP contribution in [0.5, 0.6) is 5.75 Å². The van der Waals surface area contributed by atoms with Gasteiger partial charge in [-0.25, -0.2) is 0 Å². The summed E-state index contributed by atoms with van der Waals surface area (Å²) in [6, 6.07) is 14.5. The predicted octanol–water partition coefficient (Wildman–Crippen LogP) is 4.38. The Labute approximate surface area is 116 Å². The summed E-state index contributed by atoms with van der Waals surface area (Å²) in [7, 11) is 1.67. The molecule has 3 heteroatoms. The molecule has 2 nitrogen and oxygen atoms in total. The van der Waals surface area contributed by atoms with Crippen LogP contribution in [0.3, 0.4) is 0 Å². The van der Waals surface area contributed by atoms with Gasteiger partial charge in [0.15, 0.2) is 0 Å². The highest BCUT2D eigenvalue weighted by Crippen LogP contribution is 2.27. The van der Waals surface area contributed by atoms with E-state index in [1.165, 1.54) is 11.1 Å². The van der Waals surface area contributed by atoms with Crippen molar-refractivity contribution in [2.24, 2.45) is 0 Å². The van der Waals surface area contributed by atoms with E-state index < -0.39 is 0 Å². The summed E-state index contributed by atoms with van der Waals surface area (Å²) in [5.41, 5.74) is 3.64. The van der Waals surface area contributed by atoms with Gasteiger partial charge in [0, 0.05) is 12.2 Å². The van der Waals surface area contributed by atoms with Gasteiger partial charge >= 0.3 is 0 Å². The maximum atomic E-state index is 5.20. The highest BCUT2D eigenvalue weighted by Gasteiger charge is 2.01. The molecule has 0 heterocycles. The number of anilines is 1. The molecule has 94 valence electrons. The second kappa shape index (κ2) is 5.91. The zero-order valence-electron chi connectivity index (χ0n) is 10.5. The predicted molar refractivity (Wildman–Crippen MR) is 79.2 cm³/mol. The molecule has 0 aliphatic rings. The van der Waals surface area contributed by atoms with Crippen LogP contribution in [0.2, 0.25) is 0 Å². The first-order chi connectivity index (χ1) is 8.69. The molecule has 0 aliphatic heterocycles. The number of hydrogen-bond donors (Lipinski definition) is 1. The van der Waals surface area contributed by atoms with E-state index in [1.54, 1.807) is 7.11 Å². The van der Waals surface area contributed by atoms with Gasteiger partial charge < -0.3 is 10.1 Å². The highest BCUT2D eigenvalue weighted by atomic mass is 79.9. The fourth-order valence-electron chi connectivity index (χ4n) is 1.80. The third-order valence-corrected chi connectivity index (χ3v) is 3.35. The smallest absolute Gasteiger partial charge is 0.133 e. The van der Waals surface area contributed by atoms with Crippen molar-refractivity contribution >= 4 is 21.6 Å². The molecule has 0 aromatic heterocycles. The van der Waals surface area contributed by atoms with Gasteiger partial charge in [-0.2, -0.15) is 0 Å². The van der Waals surface area contributed by atoms with E-state index in [0.29, 0.717) is 0 Å². The summed E-state index contributed by atoms with van der Waals surface area (Å²) in [5, 5.41) is 3.39. The fraction of sp³-hybridized carbons (Fsp3) is 0.200. The van der Waals surface area contributed by atoms with Gasteiger partial charge in [0.2, 0.25) is 0 Å². The van der Waals surface area contributed by atoms with Gasteiger partial charge in [-0.3, -0.25) is 0 Å². The van der Waals surface area contributed by atoms with E-state index in [2.05, 4.69) is 52.4 Å². The first kappa shape index (κ1) is 13.0. The van der Waals surface area contributed by atoms with E-state index in [-0.39, 0.29) is 0 Å². The van der Waals surface area contributed by atoms with Crippen molar-refractivity contribution in [3.05, 3.63) is 58.1 Å². The number of nitrogens with one attached hydrogen (secondary N) is 1. The summed E-state index contributed by atoms with van der Waals surface area (Å²) in [4.78, 5) is 0. The Bertz CT molecular complexity index is 540. The third-order valence-electron chi connectivity index (χ3n) is 2.73. The lowest BCUT2D eigenvalue weighted by Crippen LogP contribution is -1.99. The minimum atomic E-state index is 0.820. The summed E-state index contributed by atoms with van der Waals surface area (Å²) in [5.74, 6) is 0.844. The van der Waals surface area contributed by atoms with Crippen LogP contribution in [0.4, 0.5) is 5.69 Å². The van der Waals surface area contributed by atoms with Gasteiger partial charge in [0.05, 0.1) is 11.6 Å². The SMILES string of the molecule is COc1ccc(NCc2cccc(C)c2)cc1Br. The van der Waals surface area contributed by atoms with Crippen LogP contribution in [0.15, 0.2) is 46.9 Å². The van der Waals surface area contributed by atoms with Crippen LogP contribution in [-0.2, 0) is 6.54 Å². The first-order valence-electron chi connectivity index (χ1n) is 5.82. The maximum absolute atomic E-state index is 5.20. The van der Waals surface area contributed by atoms with Crippen LogP contribution in [-0.4, -0.2) is 7.11 Å². The molecule has 0 bridgehead atoms. The summed E-state index contributed by atoms with van der Waals surface area (Å²) >= 11 is 3.48. The number of ether oxygens (including phenoxy) is 1. The fourth-order valence-corrected chi connectivity index (χ4v) is 2.34. The molecule has 0 radical (unpaired) electrons. The number of aryl methyl sites for hydroxylation is 1. The zero-order valence-corrected chi connectivity index (χ0v) is 12.1.